The number of rotatable bonds is 10. The predicted octanol–water partition coefficient (Wildman–Crippen LogP) is 0.0722. The van der Waals surface area contributed by atoms with Gasteiger partial charge in [-0.2, -0.15) is 0 Å². The van der Waals surface area contributed by atoms with E-state index in [1.54, 1.807) is 32.9 Å². The Morgan fingerprint density at radius 3 is 2.31 bits per heavy atom. The lowest BCUT2D eigenvalue weighted by atomic mass is 9.37. The molecule has 270 valence electrons. The zero-order valence-electron chi connectivity index (χ0n) is 27.9. The summed E-state index contributed by atoms with van der Waals surface area (Å²) >= 11 is 0. The van der Waals surface area contributed by atoms with Gasteiger partial charge in [-0.3, -0.25) is 9.59 Å². The van der Waals surface area contributed by atoms with E-state index in [4.69, 9.17) is 23.4 Å². The second-order valence-corrected chi connectivity index (χ2v) is 15.0. The number of aliphatic hydroxyl groups excluding tert-OH is 5. The van der Waals surface area contributed by atoms with Gasteiger partial charge < -0.3 is 59.1 Å². The number of carbonyl (C=O) groups is 3. The molecule has 2 saturated carbocycles. The molecule has 4 fully saturated rings. The van der Waals surface area contributed by atoms with Gasteiger partial charge in [0.05, 0.1) is 43.5 Å². The molecule has 0 amide bonds. The minimum atomic E-state index is -1.83. The number of carbonyl (C=O) groups excluding carboxylic acids is 2. The van der Waals surface area contributed by atoms with Gasteiger partial charge in [-0.15, -0.1) is 0 Å². The summed E-state index contributed by atoms with van der Waals surface area (Å²) in [5, 5.41) is 75.2. The molecule has 15 heteroatoms. The van der Waals surface area contributed by atoms with E-state index in [9.17, 15) is 50.1 Å². The Kier molecular flexibility index (Phi) is 9.50. The Morgan fingerprint density at radius 2 is 1.79 bits per heavy atom. The van der Waals surface area contributed by atoms with Crippen molar-refractivity contribution < 1.29 is 73.5 Å². The van der Waals surface area contributed by atoms with Crippen LogP contribution in [0, 0.1) is 28.1 Å². The molecule has 0 radical (unpaired) electrons. The summed E-state index contributed by atoms with van der Waals surface area (Å²) in [6.07, 6.45) is -11.6. The number of hydrogen-bond acceptors (Lipinski definition) is 14. The molecule has 0 bridgehead atoms. The third-order valence-corrected chi connectivity index (χ3v) is 12.2. The summed E-state index contributed by atoms with van der Waals surface area (Å²) in [5.41, 5.74) is -7.76. The van der Waals surface area contributed by atoms with Crippen LogP contribution in [0.2, 0.25) is 0 Å². The number of epoxide rings is 1. The van der Waals surface area contributed by atoms with Crippen LogP contribution in [0.5, 0.6) is 0 Å². The van der Waals surface area contributed by atoms with Crippen molar-refractivity contribution in [3.63, 3.8) is 0 Å². The van der Waals surface area contributed by atoms with Crippen LogP contribution in [-0.2, 0) is 33.3 Å². The summed E-state index contributed by atoms with van der Waals surface area (Å²) in [5.74, 6) is -4.01. The van der Waals surface area contributed by atoms with Crippen molar-refractivity contribution in [1.29, 1.82) is 0 Å². The van der Waals surface area contributed by atoms with Crippen LogP contribution in [0.4, 0.5) is 0 Å². The van der Waals surface area contributed by atoms with Crippen molar-refractivity contribution >= 4 is 17.7 Å². The van der Waals surface area contributed by atoms with Crippen molar-refractivity contribution in [3.8, 4) is 0 Å². The van der Waals surface area contributed by atoms with Crippen molar-refractivity contribution in [2.75, 3.05) is 13.7 Å². The Bertz CT molecular complexity index is 1370. The van der Waals surface area contributed by atoms with E-state index in [1.807, 2.05) is 0 Å². The highest BCUT2D eigenvalue weighted by Crippen LogP contribution is 2.77. The SMILES string of the molecule is COC(=O)CC(O)C1(C)C(C(C)(C)O)CC(=O)C2(C)C1CCC(C)(C(OC1OC(CO)C(O)C(O)C1O)c1ccco1)C21OC1C(=O)O. The van der Waals surface area contributed by atoms with E-state index < -0.39 is 119 Å². The second-order valence-electron chi connectivity index (χ2n) is 15.0. The fourth-order valence-electron chi connectivity index (χ4n) is 9.72. The summed E-state index contributed by atoms with van der Waals surface area (Å²) in [4.78, 5) is 40.0. The number of fused-ring (bicyclic) bond motifs is 2. The number of aliphatic hydroxyl groups is 6. The summed E-state index contributed by atoms with van der Waals surface area (Å²) in [6, 6.07) is 3.11. The molecule has 2 aliphatic heterocycles. The number of furan rings is 1. The van der Waals surface area contributed by atoms with Gasteiger partial charge in [-0.25, -0.2) is 4.79 Å². The smallest absolute Gasteiger partial charge is 0.335 e. The molecular weight excluding hydrogens is 636 g/mol. The minimum absolute atomic E-state index is 0.0895. The highest BCUT2D eigenvalue weighted by molar-refractivity contribution is 5.92. The molecule has 15 nitrogen and oxygen atoms in total. The van der Waals surface area contributed by atoms with Gasteiger partial charge in [-0.05, 0) is 51.7 Å². The Morgan fingerprint density at radius 1 is 1.12 bits per heavy atom. The van der Waals surface area contributed by atoms with E-state index in [0.717, 1.165) is 0 Å². The van der Waals surface area contributed by atoms with Crippen LogP contribution in [0.1, 0.15) is 72.2 Å². The average Bonchev–Trinajstić information content (AvgIpc) is 3.59. The predicted molar refractivity (Wildman–Crippen MR) is 161 cm³/mol. The van der Waals surface area contributed by atoms with Crippen molar-refractivity contribution in [2.24, 2.45) is 28.1 Å². The van der Waals surface area contributed by atoms with Crippen LogP contribution in [-0.4, -0.2) is 121 Å². The first-order chi connectivity index (χ1) is 22.3. The summed E-state index contributed by atoms with van der Waals surface area (Å²) < 4.78 is 28.9. The molecule has 1 aromatic rings. The van der Waals surface area contributed by atoms with E-state index in [1.165, 1.54) is 27.2 Å². The quantitative estimate of drug-likeness (QED) is 0.127. The van der Waals surface area contributed by atoms with E-state index in [2.05, 4.69) is 0 Å². The maximum absolute atomic E-state index is 14.6. The largest absolute Gasteiger partial charge is 0.479 e. The van der Waals surface area contributed by atoms with Gasteiger partial charge in [-0.1, -0.05) is 13.8 Å². The molecule has 14 unspecified atom stereocenters. The Hall–Kier alpha value is -2.47. The molecule has 2 aliphatic carbocycles. The molecule has 5 rings (SSSR count). The normalized spacial score (nSPS) is 44.1. The second kappa shape index (κ2) is 12.4. The van der Waals surface area contributed by atoms with E-state index in [0.29, 0.717) is 0 Å². The highest BCUT2D eigenvalue weighted by atomic mass is 16.7. The van der Waals surface area contributed by atoms with E-state index >= 15 is 0 Å². The van der Waals surface area contributed by atoms with Gasteiger partial charge >= 0.3 is 11.9 Å². The molecule has 1 aromatic heterocycles. The fraction of sp³-hybridized carbons (Fsp3) is 0.788. The maximum atomic E-state index is 14.6. The van der Waals surface area contributed by atoms with Crippen molar-refractivity contribution in [3.05, 3.63) is 24.2 Å². The van der Waals surface area contributed by atoms with Crippen LogP contribution in [0.3, 0.4) is 0 Å². The fourth-order valence-corrected chi connectivity index (χ4v) is 9.72. The lowest BCUT2D eigenvalue weighted by Gasteiger charge is -2.66. The first kappa shape index (κ1) is 36.8. The minimum Gasteiger partial charge on any atom is -0.479 e. The number of aliphatic carboxylic acids is 1. The summed E-state index contributed by atoms with van der Waals surface area (Å²) in [7, 11) is 1.18. The number of ketones is 1. The topological polar surface area (TPSA) is 246 Å². The highest BCUT2D eigenvalue weighted by Gasteiger charge is 2.86. The van der Waals surface area contributed by atoms with Gasteiger partial charge in [0.25, 0.3) is 0 Å². The number of esters is 1. The zero-order valence-corrected chi connectivity index (χ0v) is 27.9. The van der Waals surface area contributed by atoms with E-state index in [-0.39, 0.29) is 25.0 Å². The monoisotopic (exact) mass is 684 g/mol. The van der Waals surface area contributed by atoms with Gasteiger partial charge in [0.1, 0.15) is 47.7 Å². The average molecular weight is 685 g/mol. The van der Waals surface area contributed by atoms with Crippen LogP contribution < -0.4 is 0 Å². The summed E-state index contributed by atoms with van der Waals surface area (Å²) in [6.45, 7) is 7.29. The number of ether oxygens (including phenoxy) is 4. The van der Waals surface area contributed by atoms with Gasteiger partial charge in [0.15, 0.2) is 12.4 Å². The Balaban J connectivity index is 1.67. The number of hydrogen-bond donors (Lipinski definition) is 7. The lowest BCUT2D eigenvalue weighted by molar-refractivity contribution is -0.330. The zero-order chi connectivity index (χ0) is 35.8. The van der Waals surface area contributed by atoms with Crippen LogP contribution in [0.15, 0.2) is 22.8 Å². The first-order valence-corrected chi connectivity index (χ1v) is 16.2. The number of Topliss-reactive ketones (excluding diaryl/α,β-unsaturated/α-hetero) is 1. The standard InChI is InChI=1S/C33H48O15/c1-29(2,43)18-12-20(36)32(5)17(31(18,4)19(35)13-21(37)44-6)9-10-30(3,33(32)26(48-33)27(41)42)25(15-8-7-11-45-15)47-28-24(40)23(39)22(38)16(14-34)46-28/h7-8,11,16-19,22-26,28,34-35,38-40,43H,9-10,12-14H2,1-6H3,(H,41,42). The van der Waals surface area contributed by atoms with Gasteiger partial charge in [0, 0.05) is 23.2 Å². The molecule has 4 aliphatic rings. The van der Waals surface area contributed by atoms with Crippen LogP contribution >= 0.6 is 0 Å². The third kappa shape index (κ3) is 5.16. The molecule has 3 heterocycles. The number of carboxylic acids is 1. The van der Waals surface area contributed by atoms with Crippen molar-refractivity contribution in [1.82, 2.24) is 0 Å². The van der Waals surface area contributed by atoms with Crippen LogP contribution in [0.25, 0.3) is 0 Å². The lowest BCUT2D eigenvalue weighted by Crippen LogP contribution is -2.72. The third-order valence-electron chi connectivity index (χ3n) is 12.2. The maximum Gasteiger partial charge on any atom is 0.335 e. The molecule has 2 saturated heterocycles. The first-order valence-electron chi connectivity index (χ1n) is 16.2. The number of methoxy groups -OCH3 is 1. The molecule has 7 N–H and O–H groups in total. The molecule has 0 aromatic carbocycles. The molecule has 1 spiro atoms. The molecular formula is C33H48O15. The number of carboxylic acid groups (broad SMARTS) is 1. The Labute approximate surface area is 277 Å². The molecule has 48 heavy (non-hydrogen) atoms. The van der Waals surface area contributed by atoms with Gasteiger partial charge in [0.2, 0.25) is 0 Å². The van der Waals surface area contributed by atoms with Crippen molar-refractivity contribution in [2.45, 2.75) is 121 Å². The molecule has 14 atom stereocenters.